The predicted molar refractivity (Wildman–Crippen MR) is 56.9 cm³/mol. The van der Waals surface area contributed by atoms with Gasteiger partial charge in [0.2, 0.25) is 0 Å². The van der Waals surface area contributed by atoms with E-state index in [1.807, 2.05) is 24.3 Å². The summed E-state index contributed by atoms with van der Waals surface area (Å²) in [6.07, 6.45) is 0.589. The SMILES string of the molecule is c1cc(OC[C@H]2CO2)ccc1OC[C@@H]1CO1. The Morgan fingerprint density at radius 3 is 1.56 bits per heavy atom. The van der Waals surface area contributed by atoms with Crippen LogP contribution in [-0.2, 0) is 9.47 Å². The lowest BCUT2D eigenvalue weighted by Crippen LogP contribution is -2.05. The molecule has 0 unspecified atom stereocenters. The number of benzene rings is 1. The van der Waals surface area contributed by atoms with E-state index in [-0.39, 0.29) is 0 Å². The Balaban J connectivity index is 1.47. The average Bonchev–Trinajstić information content (AvgIpc) is 3.17. The van der Waals surface area contributed by atoms with Gasteiger partial charge in [0, 0.05) is 0 Å². The highest BCUT2D eigenvalue weighted by Crippen LogP contribution is 2.20. The van der Waals surface area contributed by atoms with Crippen LogP contribution in [0.15, 0.2) is 24.3 Å². The molecule has 4 heteroatoms. The van der Waals surface area contributed by atoms with Gasteiger partial charge in [-0.2, -0.15) is 0 Å². The van der Waals surface area contributed by atoms with Crippen LogP contribution in [0.25, 0.3) is 0 Å². The molecular formula is C12H14O4. The molecule has 0 aliphatic carbocycles. The topological polar surface area (TPSA) is 43.5 Å². The van der Waals surface area contributed by atoms with Crippen molar-refractivity contribution in [2.45, 2.75) is 12.2 Å². The molecule has 1 aromatic rings. The predicted octanol–water partition coefficient (Wildman–Crippen LogP) is 1.24. The van der Waals surface area contributed by atoms with Gasteiger partial charge in [-0.05, 0) is 24.3 Å². The third-order valence-electron chi connectivity index (χ3n) is 2.50. The zero-order chi connectivity index (χ0) is 10.8. The van der Waals surface area contributed by atoms with Crippen LogP contribution >= 0.6 is 0 Å². The van der Waals surface area contributed by atoms with Crippen LogP contribution in [0.5, 0.6) is 11.5 Å². The van der Waals surface area contributed by atoms with E-state index in [1.54, 1.807) is 0 Å². The fourth-order valence-corrected chi connectivity index (χ4v) is 1.34. The van der Waals surface area contributed by atoms with Gasteiger partial charge in [-0.3, -0.25) is 0 Å². The molecule has 0 spiro atoms. The van der Waals surface area contributed by atoms with Crippen molar-refractivity contribution in [3.63, 3.8) is 0 Å². The van der Waals surface area contributed by atoms with Gasteiger partial charge < -0.3 is 18.9 Å². The Bertz CT molecular complexity index is 306. The van der Waals surface area contributed by atoms with E-state index in [1.165, 1.54) is 0 Å². The lowest BCUT2D eigenvalue weighted by atomic mass is 10.3. The smallest absolute Gasteiger partial charge is 0.119 e. The molecule has 4 nitrogen and oxygen atoms in total. The number of rotatable bonds is 6. The molecular weight excluding hydrogens is 208 g/mol. The van der Waals surface area contributed by atoms with Gasteiger partial charge in [0.25, 0.3) is 0 Å². The van der Waals surface area contributed by atoms with Crippen molar-refractivity contribution in [1.29, 1.82) is 0 Å². The van der Waals surface area contributed by atoms with Gasteiger partial charge in [-0.15, -0.1) is 0 Å². The molecule has 0 bridgehead atoms. The van der Waals surface area contributed by atoms with Crippen LogP contribution in [0.2, 0.25) is 0 Å². The minimum Gasteiger partial charge on any atom is -0.491 e. The quantitative estimate of drug-likeness (QED) is 0.679. The minimum absolute atomic E-state index is 0.294. The number of hydrogen-bond acceptors (Lipinski definition) is 4. The summed E-state index contributed by atoms with van der Waals surface area (Å²) in [6.45, 7) is 2.91. The Labute approximate surface area is 94.1 Å². The molecule has 0 amide bonds. The van der Waals surface area contributed by atoms with Crippen LogP contribution in [0.3, 0.4) is 0 Å². The second-order valence-electron chi connectivity index (χ2n) is 4.00. The maximum Gasteiger partial charge on any atom is 0.119 e. The average molecular weight is 222 g/mol. The van der Waals surface area contributed by atoms with Crippen molar-refractivity contribution in [1.82, 2.24) is 0 Å². The van der Waals surface area contributed by atoms with Gasteiger partial charge in [0.15, 0.2) is 0 Å². The molecule has 2 aliphatic rings. The summed E-state index contributed by atoms with van der Waals surface area (Å²) >= 11 is 0. The van der Waals surface area contributed by atoms with E-state index in [9.17, 15) is 0 Å². The molecule has 3 rings (SSSR count). The first-order valence-electron chi connectivity index (χ1n) is 5.49. The maximum absolute atomic E-state index is 5.52. The zero-order valence-corrected chi connectivity index (χ0v) is 8.93. The lowest BCUT2D eigenvalue weighted by Gasteiger charge is -2.06. The van der Waals surface area contributed by atoms with Crippen molar-refractivity contribution >= 4 is 0 Å². The standard InChI is InChI=1S/C12H14O4/c1-2-10(14-6-12-8-16-12)4-3-9(1)13-5-11-7-15-11/h1-4,11-12H,5-8H2/t11-,12+. The molecule has 2 aliphatic heterocycles. The Morgan fingerprint density at radius 1 is 0.875 bits per heavy atom. The van der Waals surface area contributed by atoms with Crippen LogP contribution in [0.1, 0.15) is 0 Å². The molecule has 0 radical (unpaired) electrons. The van der Waals surface area contributed by atoms with Crippen LogP contribution in [-0.4, -0.2) is 38.6 Å². The van der Waals surface area contributed by atoms with Crippen LogP contribution in [0.4, 0.5) is 0 Å². The first-order valence-corrected chi connectivity index (χ1v) is 5.49. The summed E-state index contributed by atoms with van der Waals surface area (Å²) in [5.41, 5.74) is 0. The zero-order valence-electron chi connectivity index (χ0n) is 8.93. The fraction of sp³-hybridized carbons (Fsp3) is 0.500. The summed E-state index contributed by atoms with van der Waals surface area (Å²) < 4.78 is 21.2. The van der Waals surface area contributed by atoms with Gasteiger partial charge in [-0.25, -0.2) is 0 Å². The van der Waals surface area contributed by atoms with Crippen molar-refractivity contribution in [3.05, 3.63) is 24.3 Å². The fourth-order valence-electron chi connectivity index (χ4n) is 1.34. The first-order chi connectivity index (χ1) is 7.90. The Morgan fingerprint density at radius 2 is 1.25 bits per heavy atom. The van der Waals surface area contributed by atoms with Crippen molar-refractivity contribution in [2.24, 2.45) is 0 Å². The second kappa shape index (κ2) is 4.31. The Kier molecular flexibility index (Phi) is 2.68. The van der Waals surface area contributed by atoms with E-state index in [0.717, 1.165) is 24.7 Å². The third kappa shape index (κ3) is 2.87. The van der Waals surface area contributed by atoms with E-state index in [0.29, 0.717) is 25.4 Å². The van der Waals surface area contributed by atoms with E-state index in [4.69, 9.17) is 18.9 Å². The molecule has 0 aromatic heterocycles. The summed E-state index contributed by atoms with van der Waals surface area (Å²) in [7, 11) is 0. The number of hydrogen-bond donors (Lipinski definition) is 0. The molecule has 1 aromatic carbocycles. The van der Waals surface area contributed by atoms with Crippen molar-refractivity contribution in [3.8, 4) is 11.5 Å². The summed E-state index contributed by atoms with van der Waals surface area (Å²) in [5, 5.41) is 0. The maximum atomic E-state index is 5.52. The summed E-state index contributed by atoms with van der Waals surface area (Å²) in [4.78, 5) is 0. The normalized spacial score (nSPS) is 26.2. The molecule has 2 saturated heterocycles. The highest BCUT2D eigenvalue weighted by atomic mass is 16.6. The van der Waals surface area contributed by atoms with Gasteiger partial charge in [0.05, 0.1) is 13.2 Å². The monoisotopic (exact) mass is 222 g/mol. The van der Waals surface area contributed by atoms with Gasteiger partial charge >= 0.3 is 0 Å². The third-order valence-corrected chi connectivity index (χ3v) is 2.50. The highest BCUT2D eigenvalue weighted by molar-refractivity contribution is 5.31. The molecule has 0 N–H and O–H groups in total. The number of ether oxygens (including phenoxy) is 4. The van der Waals surface area contributed by atoms with Crippen molar-refractivity contribution in [2.75, 3.05) is 26.4 Å². The molecule has 2 heterocycles. The Hall–Kier alpha value is -1.26. The van der Waals surface area contributed by atoms with E-state index >= 15 is 0 Å². The largest absolute Gasteiger partial charge is 0.491 e. The minimum atomic E-state index is 0.294. The molecule has 86 valence electrons. The van der Waals surface area contributed by atoms with E-state index < -0.39 is 0 Å². The molecule has 2 atom stereocenters. The van der Waals surface area contributed by atoms with Gasteiger partial charge in [-0.1, -0.05) is 0 Å². The second-order valence-corrected chi connectivity index (χ2v) is 4.00. The lowest BCUT2D eigenvalue weighted by molar-refractivity contribution is 0.257. The van der Waals surface area contributed by atoms with Crippen LogP contribution in [0, 0.1) is 0 Å². The number of epoxide rings is 2. The summed E-state index contributed by atoms with van der Waals surface area (Å²) in [5.74, 6) is 1.70. The van der Waals surface area contributed by atoms with E-state index in [2.05, 4.69) is 0 Å². The first kappa shape index (κ1) is 9.93. The molecule has 2 fully saturated rings. The highest BCUT2D eigenvalue weighted by Gasteiger charge is 2.23. The summed E-state index contributed by atoms with van der Waals surface area (Å²) in [6, 6.07) is 7.63. The van der Waals surface area contributed by atoms with Crippen LogP contribution < -0.4 is 9.47 Å². The van der Waals surface area contributed by atoms with Gasteiger partial charge in [0.1, 0.15) is 36.9 Å². The van der Waals surface area contributed by atoms with Crippen molar-refractivity contribution < 1.29 is 18.9 Å². The molecule has 16 heavy (non-hydrogen) atoms. The molecule has 0 saturated carbocycles.